The summed E-state index contributed by atoms with van der Waals surface area (Å²) in [5.41, 5.74) is 4.55. The second-order valence-corrected chi connectivity index (χ2v) is 8.85. The van der Waals surface area contributed by atoms with Gasteiger partial charge in [0.1, 0.15) is 0 Å². The van der Waals surface area contributed by atoms with Crippen LogP contribution < -0.4 is 10.6 Å². The van der Waals surface area contributed by atoms with E-state index < -0.39 is 0 Å². The number of carbonyl (C=O) groups is 2. The van der Waals surface area contributed by atoms with Gasteiger partial charge >= 0.3 is 0 Å². The van der Waals surface area contributed by atoms with Crippen molar-refractivity contribution in [1.29, 1.82) is 0 Å². The molecule has 2 aromatic carbocycles. The number of anilines is 1. The zero-order chi connectivity index (χ0) is 24.0. The van der Waals surface area contributed by atoms with Crippen LogP contribution in [0.2, 0.25) is 0 Å². The maximum atomic E-state index is 12.6. The Hall–Kier alpha value is -3.39. The molecule has 2 amide bonds. The van der Waals surface area contributed by atoms with Gasteiger partial charge in [-0.2, -0.15) is 0 Å². The number of thioether (sulfide) groups is 1. The maximum absolute atomic E-state index is 12.6. The Labute approximate surface area is 198 Å². The number of nitrogens with one attached hydrogen (secondary N) is 2. The summed E-state index contributed by atoms with van der Waals surface area (Å²) in [5, 5.41) is 15.1. The number of hydrogen-bond donors (Lipinski definition) is 2. The van der Waals surface area contributed by atoms with Crippen LogP contribution >= 0.6 is 11.8 Å². The van der Waals surface area contributed by atoms with Gasteiger partial charge in [-0.05, 0) is 51.0 Å². The van der Waals surface area contributed by atoms with E-state index in [1.54, 1.807) is 18.2 Å². The van der Waals surface area contributed by atoms with Gasteiger partial charge < -0.3 is 15.2 Å². The number of aryl methyl sites for hydroxylation is 3. The molecule has 0 radical (unpaired) electrons. The third kappa shape index (κ3) is 6.10. The fraction of sp³-hybridized carbons (Fsp3) is 0.280. The molecule has 8 heteroatoms. The van der Waals surface area contributed by atoms with Crippen LogP contribution in [0.4, 0.5) is 5.69 Å². The van der Waals surface area contributed by atoms with Gasteiger partial charge in [-0.15, -0.1) is 16.8 Å². The second kappa shape index (κ2) is 11.0. The van der Waals surface area contributed by atoms with E-state index in [1.807, 2.05) is 62.6 Å². The Morgan fingerprint density at radius 2 is 1.76 bits per heavy atom. The molecule has 1 atom stereocenters. The largest absolute Gasteiger partial charge is 0.342 e. The normalized spacial score (nSPS) is 11.6. The SMILES string of the molecule is C=CCn1c(SCC(=O)Nc2c(C)cccc2C)nnc1[C@H](C)NC(=O)c1ccc(C)cc1. The summed E-state index contributed by atoms with van der Waals surface area (Å²) in [4.78, 5) is 25.2. The number of benzene rings is 2. The average Bonchev–Trinajstić information content (AvgIpc) is 3.18. The Morgan fingerprint density at radius 1 is 1.09 bits per heavy atom. The highest BCUT2D eigenvalue weighted by molar-refractivity contribution is 7.99. The number of para-hydroxylation sites is 1. The number of allylic oxidation sites excluding steroid dienone is 1. The first-order chi connectivity index (χ1) is 15.8. The van der Waals surface area contributed by atoms with Gasteiger partial charge in [-0.1, -0.05) is 53.7 Å². The first kappa shape index (κ1) is 24.3. The van der Waals surface area contributed by atoms with Crippen LogP contribution in [0.5, 0.6) is 0 Å². The van der Waals surface area contributed by atoms with Crippen LogP contribution in [0.3, 0.4) is 0 Å². The van der Waals surface area contributed by atoms with Crippen molar-refractivity contribution < 1.29 is 9.59 Å². The lowest BCUT2D eigenvalue weighted by molar-refractivity contribution is -0.113. The molecular formula is C25H29N5O2S. The van der Waals surface area contributed by atoms with Crippen LogP contribution in [-0.2, 0) is 11.3 Å². The number of nitrogens with zero attached hydrogens (tertiary/aromatic N) is 3. The highest BCUT2D eigenvalue weighted by atomic mass is 32.2. The van der Waals surface area contributed by atoms with E-state index in [-0.39, 0.29) is 23.6 Å². The molecule has 0 saturated heterocycles. The lowest BCUT2D eigenvalue weighted by Crippen LogP contribution is -2.28. The van der Waals surface area contributed by atoms with Gasteiger partial charge in [-0.3, -0.25) is 9.59 Å². The molecule has 0 aliphatic carbocycles. The molecule has 7 nitrogen and oxygen atoms in total. The summed E-state index contributed by atoms with van der Waals surface area (Å²) in [7, 11) is 0. The van der Waals surface area contributed by atoms with Gasteiger partial charge in [0.15, 0.2) is 11.0 Å². The molecule has 0 unspecified atom stereocenters. The minimum absolute atomic E-state index is 0.118. The van der Waals surface area contributed by atoms with Crippen LogP contribution in [0.15, 0.2) is 60.3 Å². The molecule has 0 saturated carbocycles. The van der Waals surface area contributed by atoms with Crippen molar-refractivity contribution in [2.75, 3.05) is 11.1 Å². The molecule has 2 N–H and O–H groups in total. The topological polar surface area (TPSA) is 88.9 Å². The molecule has 0 fully saturated rings. The van der Waals surface area contributed by atoms with Crippen molar-refractivity contribution in [3.63, 3.8) is 0 Å². The Balaban J connectivity index is 1.68. The van der Waals surface area contributed by atoms with Crippen molar-refractivity contribution in [3.8, 4) is 0 Å². The van der Waals surface area contributed by atoms with Gasteiger partial charge in [-0.25, -0.2) is 0 Å². The molecule has 1 aromatic heterocycles. The first-order valence-corrected chi connectivity index (χ1v) is 11.7. The third-order valence-corrected chi connectivity index (χ3v) is 6.15. The number of aromatic nitrogens is 3. The summed E-state index contributed by atoms with van der Waals surface area (Å²) in [6.07, 6.45) is 1.74. The van der Waals surface area contributed by atoms with Crippen LogP contribution in [0.25, 0.3) is 0 Å². The maximum Gasteiger partial charge on any atom is 0.251 e. The Bertz CT molecular complexity index is 1130. The molecule has 33 heavy (non-hydrogen) atoms. The molecule has 3 aromatic rings. The highest BCUT2D eigenvalue weighted by Gasteiger charge is 2.20. The van der Waals surface area contributed by atoms with Crippen molar-refractivity contribution in [2.24, 2.45) is 0 Å². The van der Waals surface area contributed by atoms with Gasteiger partial charge in [0.05, 0.1) is 11.8 Å². The number of amides is 2. The number of rotatable bonds is 9. The third-order valence-electron chi connectivity index (χ3n) is 5.18. The van der Waals surface area contributed by atoms with E-state index in [2.05, 4.69) is 27.4 Å². The van der Waals surface area contributed by atoms with E-state index in [9.17, 15) is 9.59 Å². The summed E-state index contributed by atoms with van der Waals surface area (Å²) < 4.78 is 1.87. The summed E-state index contributed by atoms with van der Waals surface area (Å²) in [6, 6.07) is 12.9. The molecule has 0 aliphatic rings. The van der Waals surface area contributed by atoms with Crippen molar-refractivity contribution in [3.05, 3.63) is 83.2 Å². The summed E-state index contributed by atoms with van der Waals surface area (Å²) >= 11 is 1.30. The molecule has 0 bridgehead atoms. The van der Waals surface area contributed by atoms with Gasteiger partial charge in [0.2, 0.25) is 5.91 Å². The van der Waals surface area contributed by atoms with Gasteiger partial charge in [0, 0.05) is 17.8 Å². The van der Waals surface area contributed by atoms with E-state index >= 15 is 0 Å². The predicted octanol–water partition coefficient (Wildman–Crippen LogP) is 4.61. The summed E-state index contributed by atoms with van der Waals surface area (Å²) in [5.74, 6) is 0.492. The molecule has 172 valence electrons. The van der Waals surface area contributed by atoms with E-state index in [4.69, 9.17) is 0 Å². The fourth-order valence-corrected chi connectivity index (χ4v) is 4.15. The lowest BCUT2D eigenvalue weighted by Gasteiger charge is -2.15. The van der Waals surface area contributed by atoms with Crippen LogP contribution in [0.1, 0.15) is 45.8 Å². The zero-order valence-corrected chi connectivity index (χ0v) is 20.2. The van der Waals surface area contributed by atoms with E-state index in [0.717, 1.165) is 22.4 Å². The zero-order valence-electron chi connectivity index (χ0n) is 19.4. The molecular weight excluding hydrogens is 434 g/mol. The Kier molecular flexibility index (Phi) is 8.06. The quantitative estimate of drug-likeness (QED) is 0.357. The average molecular weight is 464 g/mol. The van der Waals surface area contributed by atoms with Crippen molar-refractivity contribution in [2.45, 2.75) is 45.4 Å². The van der Waals surface area contributed by atoms with Crippen molar-refractivity contribution >= 4 is 29.3 Å². The minimum Gasteiger partial charge on any atom is -0.342 e. The lowest BCUT2D eigenvalue weighted by atomic mass is 10.1. The van der Waals surface area contributed by atoms with E-state index in [1.165, 1.54) is 11.8 Å². The smallest absolute Gasteiger partial charge is 0.251 e. The highest BCUT2D eigenvalue weighted by Crippen LogP contribution is 2.23. The van der Waals surface area contributed by atoms with Crippen molar-refractivity contribution in [1.82, 2.24) is 20.1 Å². The molecule has 1 heterocycles. The first-order valence-electron chi connectivity index (χ1n) is 10.7. The number of hydrogen-bond acceptors (Lipinski definition) is 5. The molecule has 0 spiro atoms. The molecule has 3 rings (SSSR count). The van der Waals surface area contributed by atoms with Gasteiger partial charge in [0.25, 0.3) is 5.91 Å². The van der Waals surface area contributed by atoms with Crippen LogP contribution in [-0.4, -0.2) is 32.3 Å². The number of carbonyl (C=O) groups excluding carboxylic acids is 2. The Morgan fingerprint density at radius 3 is 2.39 bits per heavy atom. The minimum atomic E-state index is -0.371. The predicted molar refractivity (Wildman–Crippen MR) is 133 cm³/mol. The second-order valence-electron chi connectivity index (χ2n) is 7.90. The van der Waals surface area contributed by atoms with Crippen LogP contribution in [0, 0.1) is 20.8 Å². The summed E-state index contributed by atoms with van der Waals surface area (Å²) in [6.45, 7) is 12.0. The monoisotopic (exact) mass is 463 g/mol. The molecule has 0 aliphatic heterocycles. The standard InChI is InChI=1S/C25H29N5O2S/c1-6-14-30-23(19(5)26-24(32)20-12-10-16(2)11-13-20)28-29-25(30)33-15-21(31)27-22-17(3)8-7-9-18(22)4/h6-13,19H,1,14-15H2,2-5H3,(H,26,32)(H,27,31)/t19-/m0/s1. The van der Waals surface area contributed by atoms with E-state index in [0.29, 0.717) is 23.1 Å². The fourth-order valence-electron chi connectivity index (χ4n) is 3.39.